The van der Waals surface area contributed by atoms with Gasteiger partial charge in [0.1, 0.15) is 6.33 Å². The Hall–Kier alpha value is -1.93. The van der Waals surface area contributed by atoms with E-state index >= 15 is 0 Å². The van der Waals surface area contributed by atoms with Crippen LogP contribution < -0.4 is 10.6 Å². The van der Waals surface area contributed by atoms with Crippen LogP contribution in [0.5, 0.6) is 0 Å². The Morgan fingerprint density at radius 2 is 2.50 bits per heavy atom. The van der Waals surface area contributed by atoms with Crippen molar-refractivity contribution in [3.05, 3.63) is 28.7 Å². The Balaban J connectivity index is 1.80. The van der Waals surface area contributed by atoms with Gasteiger partial charge in [0.2, 0.25) is 5.95 Å². The van der Waals surface area contributed by atoms with E-state index in [9.17, 15) is 9.90 Å². The molecule has 0 spiro atoms. The number of urea groups is 1. The first-order chi connectivity index (χ1) is 8.66. The summed E-state index contributed by atoms with van der Waals surface area (Å²) in [6.45, 7) is 0.139. The fourth-order valence-corrected chi connectivity index (χ4v) is 2.03. The van der Waals surface area contributed by atoms with Gasteiger partial charge in [-0.15, -0.1) is 0 Å². The number of amides is 2. The molecule has 0 bridgehead atoms. The summed E-state index contributed by atoms with van der Waals surface area (Å²) < 4.78 is 1.44. The number of anilines is 1. The molecule has 0 radical (unpaired) electrons. The number of aliphatic hydroxyl groups is 1. The molecule has 0 fully saturated rings. The molecule has 18 heavy (non-hydrogen) atoms. The first kappa shape index (κ1) is 12.5. The zero-order valence-electron chi connectivity index (χ0n) is 9.70. The number of aryl methyl sites for hydroxylation is 1. The summed E-state index contributed by atoms with van der Waals surface area (Å²) in [7, 11) is 1.67. The van der Waals surface area contributed by atoms with Gasteiger partial charge in [0, 0.05) is 13.6 Å². The second-order valence-corrected chi connectivity index (χ2v) is 4.39. The lowest BCUT2D eigenvalue weighted by molar-refractivity contribution is 0.175. The van der Waals surface area contributed by atoms with Crippen LogP contribution in [-0.4, -0.2) is 32.4 Å². The molecule has 0 aliphatic heterocycles. The number of aliphatic hydroxyl groups excluding tert-OH is 1. The van der Waals surface area contributed by atoms with Crippen molar-refractivity contribution in [2.75, 3.05) is 11.9 Å². The van der Waals surface area contributed by atoms with Crippen LogP contribution >= 0.6 is 11.3 Å². The highest BCUT2D eigenvalue weighted by atomic mass is 32.1. The number of nitrogens with one attached hydrogen (secondary N) is 2. The van der Waals surface area contributed by atoms with Crippen molar-refractivity contribution in [2.45, 2.75) is 6.10 Å². The zero-order chi connectivity index (χ0) is 13.0. The van der Waals surface area contributed by atoms with Gasteiger partial charge in [0.15, 0.2) is 0 Å². The summed E-state index contributed by atoms with van der Waals surface area (Å²) in [5.41, 5.74) is 0.791. The number of nitrogens with zero attached hydrogens (tertiary/aromatic N) is 3. The highest BCUT2D eigenvalue weighted by Crippen LogP contribution is 2.14. The quantitative estimate of drug-likeness (QED) is 0.761. The maximum atomic E-state index is 11.5. The zero-order valence-corrected chi connectivity index (χ0v) is 10.5. The van der Waals surface area contributed by atoms with Gasteiger partial charge in [0.05, 0.1) is 6.10 Å². The Labute approximate surface area is 107 Å². The van der Waals surface area contributed by atoms with Crippen molar-refractivity contribution in [3.63, 3.8) is 0 Å². The van der Waals surface area contributed by atoms with E-state index in [0.717, 1.165) is 5.56 Å². The molecule has 2 aromatic heterocycles. The molecule has 0 saturated heterocycles. The molecule has 7 nitrogen and oxygen atoms in total. The number of carbonyl (C=O) groups is 1. The van der Waals surface area contributed by atoms with Gasteiger partial charge in [-0.3, -0.25) is 5.32 Å². The van der Waals surface area contributed by atoms with Crippen LogP contribution in [-0.2, 0) is 7.05 Å². The van der Waals surface area contributed by atoms with Crippen LogP contribution in [0.15, 0.2) is 23.2 Å². The monoisotopic (exact) mass is 267 g/mol. The first-order valence-corrected chi connectivity index (χ1v) is 6.20. The third kappa shape index (κ3) is 3.05. The summed E-state index contributed by atoms with van der Waals surface area (Å²) in [5.74, 6) is 0.345. The largest absolute Gasteiger partial charge is 0.387 e. The normalized spacial score (nSPS) is 12.1. The molecule has 0 aliphatic carbocycles. The van der Waals surface area contributed by atoms with Crippen molar-refractivity contribution >= 4 is 23.3 Å². The van der Waals surface area contributed by atoms with E-state index in [2.05, 4.69) is 20.7 Å². The Bertz CT molecular complexity index is 510. The Morgan fingerprint density at radius 3 is 3.11 bits per heavy atom. The molecule has 8 heteroatoms. The maximum Gasteiger partial charge on any atom is 0.321 e. The van der Waals surface area contributed by atoms with E-state index in [4.69, 9.17) is 0 Å². The first-order valence-electron chi connectivity index (χ1n) is 5.26. The SMILES string of the molecule is Cn1ncnc1NC(=O)NC[C@H](O)c1ccsc1. The fourth-order valence-electron chi connectivity index (χ4n) is 1.33. The molecule has 0 saturated carbocycles. The van der Waals surface area contributed by atoms with Gasteiger partial charge in [0.25, 0.3) is 0 Å². The second kappa shape index (κ2) is 5.61. The average Bonchev–Trinajstić information content (AvgIpc) is 2.99. The highest BCUT2D eigenvalue weighted by molar-refractivity contribution is 7.07. The molecule has 2 rings (SSSR count). The molecule has 2 aromatic rings. The van der Waals surface area contributed by atoms with Crippen LogP contribution in [0.2, 0.25) is 0 Å². The molecule has 96 valence electrons. The number of hydrogen-bond donors (Lipinski definition) is 3. The number of carbonyl (C=O) groups excluding carboxylic acids is 1. The summed E-state index contributed by atoms with van der Waals surface area (Å²) in [4.78, 5) is 15.4. The average molecular weight is 267 g/mol. The van der Waals surface area contributed by atoms with Crippen molar-refractivity contribution in [1.29, 1.82) is 0 Å². The lowest BCUT2D eigenvalue weighted by Gasteiger charge is -2.10. The molecule has 0 aromatic carbocycles. The van der Waals surface area contributed by atoms with Gasteiger partial charge in [-0.25, -0.2) is 9.48 Å². The summed E-state index contributed by atoms with van der Waals surface area (Å²) >= 11 is 1.50. The standard InChI is InChI=1S/C10H13N5O2S/c1-15-9(12-6-13-15)14-10(17)11-4-8(16)7-2-3-18-5-7/h2-3,5-6,8,16H,4H2,1H3,(H2,11,12,13,14,17)/t8-/m0/s1. The predicted molar refractivity (Wildman–Crippen MR) is 67.3 cm³/mol. The highest BCUT2D eigenvalue weighted by Gasteiger charge is 2.11. The number of aromatic nitrogens is 3. The number of rotatable bonds is 4. The van der Waals surface area contributed by atoms with Gasteiger partial charge in [-0.1, -0.05) is 0 Å². The lowest BCUT2D eigenvalue weighted by atomic mass is 10.2. The molecule has 0 aliphatic rings. The van der Waals surface area contributed by atoms with E-state index in [1.165, 1.54) is 22.3 Å². The predicted octanol–water partition coefficient (Wildman–Crippen LogP) is 0.732. The minimum absolute atomic E-state index is 0.139. The molecular formula is C10H13N5O2S. The molecule has 0 unspecified atom stereocenters. The van der Waals surface area contributed by atoms with E-state index in [-0.39, 0.29) is 6.54 Å². The number of thiophene rings is 1. The molecule has 3 N–H and O–H groups in total. The molecular weight excluding hydrogens is 254 g/mol. The van der Waals surface area contributed by atoms with Gasteiger partial charge in [-0.05, 0) is 22.4 Å². The van der Waals surface area contributed by atoms with E-state index in [1.54, 1.807) is 7.05 Å². The molecule has 2 heterocycles. The van der Waals surface area contributed by atoms with Crippen LogP contribution in [0.1, 0.15) is 11.7 Å². The van der Waals surface area contributed by atoms with Crippen LogP contribution in [0.25, 0.3) is 0 Å². The van der Waals surface area contributed by atoms with Crippen molar-refractivity contribution in [2.24, 2.45) is 7.05 Å². The maximum absolute atomic E-state index is 11.5. The summed E-state index contributed by atoms with van der Waals surface area (Å²) in [5, 5.41) is 22.4. The third-order valence-electron chi connectivity index (χ3n) is 2.32. The van der Waals surface area contributed by atoms with Crippen molar-refractivity contribution in [1.82, 2.24) is 20.1 Å². The van der Waals surface area contributed by atoms with Crippen LogP contribution in [0, 0.1) is 0 Å². The van der Waals surface area contributed by atoms with E-state index in [1.807, 2.05) is 16.8 Å². The van der Waals surface area contributed by atoms with Crippen LogP contribution in [0.4, 0.5) is 10.7 Å². The fraction of sp³-hybridized carbons (Fsp3) is 0.300. The van der Waals surface area contributed by atoms with Crippen molar-refractivity contribution in [3.8, 4) is 0 Å². The van der Waals surface area contributed by atoms with E-state index in [0.29, 0.717) is 5.95 Å². The minimum Gasteiger partial charge on any atom is -0.387 e. The van der Waals surface area contributed by atoms with Gasteiger partial charge < -0.3 is 10.4 Å². The summed E-state index contributed by atoms with van der Waals surface area (Å²) in [6.07, 6.45) is 0.636. The third-order valence-corrected chi connectivity index (χ3v) is 3.02. The van der Waals surface area contributed by atoms with Gasteiger partial charge >= 0.3 is 6.03 Å². The molecule has 2 amide bonds. The smallest absolute Gasteiger partial charge is 0.321 e. The van der Waals surface area contributed by atoms with E-state index < -0.39 is 12.1 Å². The lowest BCUT2D eigenvalue weighted by Crippen LogP contribution is -2.33. The van der Waals surface area contributed by atoms with Gasteiger partial charge in [-0.2, -0.15) is 21.4 Å². The Kier molecular flexibility index (Phi) is 3.90. The topological polar surface area (TPSA) is 92.1 Å². The molecule has 1 atom stereocenters. The van der Waals surface area contributed by atoms with Crippen molar-refractivity contribution < 1.29 is 9.90 Å². The minimum atomic E-state index is -0.707. The second-order valence-electron chi connectivity index (χ2n) is 3.61. The summed E-state index contributed by atoms with van der Waals surface area (Å²) in [6, 6.07) is 1.39. The van der Waals surface area contributed by atoms with Crippen LogP contribution in [0.3, 0.4) is 0 Å². The number of hydrogen-bond acceptors (Lipinski definition) is 5. The Morgan fingerprint density at radius 1 is 1.67 bits per heavy atom.